The molecule has 0 aliphatic rings. The van der Waals surface area contributed by atoms with E-state index in [0.717, 1.165) is 5.76 Å². The number of nitrogens with zero attached hydrogens (tertiary/aromatic N) is 2. The summed E-state index contributed by atoms with van der Waals surface area (Å²) in [7, 11) is 4.04. The lowest BCUT2D eigenvalue weighted by atomic mass is 10.0. The molecule has 22 heavy (non-hydrogen) atoms. The zero-order valence-electron chi connectivity index (χ0n) is 13.4. The minimum atomic E-state index is 0.0240. The Labute approximate surface area is 131 Å². The summed E-state index contributed by atoms with van der Waals surface area (Å²) in [4.78, 5) is 14.1. The van der Waals surface area contributed by atoms with Gasteiger partial charge < -0.3 is 14.7 Å². The monoisotopic (exact) mass is 301 g/mol. The van der Waals surface area contributed by atoms with E-state index >= 15 is 0 Å². The number of carbonyl (C=O) groups excluding carboxylic acids is 1. The van der Waals surface area contributed by atoms with Gasteiger partial charge in [-0.1, -0.05) is 35.0 Å². The van der Waals surface area contributed by atoms with Crippen LogP contribution >= 0.6 is 0 Å². The second kappa shape index (κ2) is 7.75. The van der Waals surface area contributed by atoms with Gasteiger partial charge in [0.15, 0.2) is 0 Å². The topological polar surface area (TPSA) is 58.4 Å². The quantitative estimate of drug-likeness (QED) is 0.853. The molecule has 1 aromatic carbocycles. The van der Waals surface area contributed by atoms with Crippen LogP contribution in [-0.2, 0) is 11.2 Å². The summed E-state index contributed by atoms with van der Waals surface area (Å²) in [6.07, 6.45) is 2.57. The van der Waals surface area contributed by atoms with Gasteiger partial charge in [0.1, 0.15) is 5.76 Å². The zero-order valence-corrected chi connectivity index (χ0v) is 13.4. The van der Waals surface area contributed by atoms with E-state index in [1.807, 2.05) is 20.2 Å². The molecule has 0 radical (unpaired) electrons. The number of hydrogen-bond donors (Lipinski definition) is 1. The Balaban J connectivity index is 1.87. The highest BCUT2D eigenvalue weighted by Gasteiger charge is 2.15. The van der Waals surface area contributed by atoms with Gasteiger partial charge in [0.05, 0.1) is 12.2 Å². The minimum absolute atomic E-state index is 0.0240. The maximum absolute atomic E-state index is 12.0. The van der Waals surface area contributed by atoms with Crippen molar-refractivity contribution < 1.29 is 9.32 Å². The van der Waals surface area contributed by atoms with E-state index in [1.165, 1.54) is 11.1 Å². The molecule has 1 heterocycles. The van der Waals surface area contributed by atoms with Gasteiger partial charge in [-0.15, -0.1) is 0 Å². The molecule has 0 saturated heterocycles. The molecule has 0 aliphatic carbocycles. The van der Waals surface area contributed by atoms with Crippen LogP contribution < -0.4 is 5.32 Å². The van der Waals surface area contributed by atoms with Gasteiger partial charge >= 0.3 is 0 Å². The van der Waals surface area contributed by atoms with Gasteiger partial charge in [0.2, 0.25) is 5.91 Å². The van der Waals surface area contributed by atoms with Crippen LogP contribution in [0.2, 0.25) is 0 Å². The molecule has 1 N–H and O–H groups in total. The Morgan fingerprint density at radius 3 is 2.82 bits per heavy atom. The Hall–Kier alpha value is -2.14. The van der Waals surface area contributed by atoms with E-state index in [0.29, 0.717) is 19.4 Å². The fraction of sp³-hybridized carbons (Fsp3) is 0.412. The molecule has 1 aromatic heterocycles. The summed E-state index contributed by atoms with van der Waals surface area (Å²) in [5.41, 5.74) is 2.43. The fourth-order valence-corrected chi connectivity index (χ4v) is 2.38. The van der Waals surface area contributed by atoms with Crippen LogP contribution in [-0.4, -0.2) is 36.6 Å². The molecule has 0 aliphatic heterocycles. The van der Waals surface area contributed by atoms with Crippen molar-refractivity contribution in [1.82, 2.24) is 15.4 Å². The van der Waals surface area contributed by atoms with Crippen LogP contribution in [0, 0.1) is 6.92 Å². The summed E-state index contributed by atoms with van der Waals surface area (Å²) >= 11 is 0. The maximum atomic E-state index is 12.0. The van der Waals surface area contributed by atoms with E-state index in [4.69, 9.17) is 4.52 Å². The molecule has 1 atom stereocenters. The number of hydrogen-bond acceptors (Lipinski definition) is 4. The SMILES string of the molecule is Cc1cccc(C(CNC(=O)CCc2ccno2)N(C)C)c1. The smallest absolute Gasteiger partial charge is 0.220 e. The zero-order chi connectivity index (χ0) is 15.9. The molecule has 2 rings (SSSR count). The molecule has 0 saturated carbocycles. The highest BCUT2D eigenvalue weighted by Crippen LogP contribution is 2.18. The summed E-state index contributed by atoms with van der Waals surface area (Å²) in [6.45, 7) is 2.66. The van der Waals surface area contributed by atoms with Crippen molar-refractivity contribution in [2.45, 2.75) is 25.8 Å². The highest BCUT2D eigenvalue weighted by molar-refractivity contribution is 5.76. The lowest BCUT2D eigenvalue weighted by molar-refractivity contribution is -0.121. The molecule has 0 spiro atoms. The standard InChI is InChI=1S/C17H23N3O2/c1-13-5-4-6-14(11-13)16(20(2)3)12-18-17(21)8-7-15-9-10-19-22-15/h4-6,9-11,16H,7-8,12H2,1-3H3,(H,18,21). The summed E-state index contributed by atoms with van der Waals surface area (Å²) in [5.74, 6) is 0.758. The van der Waals surface area contributed by atoms with Crippen LogP contribution in [0.5, 0.6) is 0 Å². The average molecular weight is 301 g/mol. The van der Waals surface area contributed by atoms with Gasteiger partial charge in [0.25, 0.3) is 0 Å². The van der Waals surface area contributed by atoms with Gasteiger partial charge in [-0.2, -0.15) is 0 Å². The van der Waals surface area contributed by atoms with Crippen molar-refractivity contribution in [2.75, 3.05) is 20.6 Å². The Morgan fingerprint density at radius 1 is 1.36 bits per heavy atom. The number of amides is 1. The Morgan fingerprint density at radius 2 is 2.18 bits per heavy atom. The van der Waals surface area contributed by atoms with E-state index in [2.05, 4.69) is 40.5 Å². The average Bonchev–Trinajstić information content (AvgIpc) is 2.98. The molecule has 2 aromatic rings. The van der Waals surface area contributed by atoms with E-state index in [1.54, 1.807) is 12.3 Å². The summed E-state index contributed by atoms with van der Waals surface area (Å²) in [5, 5.41) is 6.63. The number of aromatic nitrogens is 1. The lowest BCUT2D eigenvalue weighted by Gasteiger charge is -2.25. The van der Waals surface area contributed by atoms with Crippen LogP contribution in [0.4, 0.5) is 0 Å². The first-order valence-corrected chi connectivity index (χ1v) is 7.45. The number of rotatable bonds is 7. The van der Waals surface area contributed by atoms with Crippen molar-refractivity contribution in [1.29, 1.82) is 0 Å². The van der Waals surface area contributed by atoms with Crippen molar-refractivity contribution in [2.24, 2.45) is 0 Å². The minimum Gasteiger partial charge on any atom is -0.361 e. The van der Waals surface area contributed by atoms with Crippen molar-refractivity contribution >= 4 is 5.91 Å². The molecule has 0 bridgehead atoms. The molecular weight excluding hydrogens is 278 g/mol. The number of benzene rings is 1. The largest absolute Gasteiger partial charge is 0.361 e. The third-order valence-electron chi connectivity index (χ3n) is 3.63. The van der Waals surface area contributed by atoms with Crippen LogP contribution in [0.1, 0.15) is 29.3 Å². The predicted octanol–water partition coefficient (Wildman–Crippen LogP) is 2.33. The van der Waals surface area contributed by atoms with Crippen molar-refractivity contribution in [3.8, 4) is 0 Å². The lowest BCUT2D eigenvalue weighted by Crippen LogP contribution is -2.34. The number of carbonyl (C=O) groups is 1. The van der Waals surface area contributed by atoms with Gasteiger partial charge in [-0.3, -0.25) is 4.79 Å². The molecule has 1 unspecified atom stereocenters. The third-order valence-corrected chi connectivity index (χ3v) is 3.63. The fourth-order valence-electron chi connectivity index (χ4n) is 2.38. The normalized spacial score (nSPS) is 12.4. The van der Waals surface area contributed by atoms with E-state index in [-0.39, 0.29) is 11.9 Å². The molecular formula is C17H23N3O2. The summed E-state index contributed by atoms with van der Waals surface area (Å²) in [6, 6.07) is 10.3. The predicted molar refractivity (Wildman–Crippen MR) is 85.4 cm³/mol. The first-order valence-electron chi connectivity index (χ1n) is 7.45. The second-order valence-corrected chi connectivity index (χ2v) is 5.68. The van der Waals surface area contributed by atoms with Crippen LogP contribution in [0.25, 0.3) is 0 Å². The van der Waals surface area contributed by atoms with E-state index < -0.39 is 0 Å². The van der Waals surface area contributed by atoms with Crippen molar-refractivity contribution in [3.63, 3.8) is 0 Å². The molecule has 5 nitrogen and oxygen atoms in total. The van der Waals surface area contributed by atoms with Gasteiger partial charge in [0, 0.05) is 25.5 Å². The summed E-state index contributed by atoms with van der Waals surface area (Å²) < 4.78 is 4.99. The van der Waals surface area contributed by atoms with Crippen LogP contribution in [0.3, 0.4) is 0 Å². The first-order chi connectivity index (χ1) is 10.6. The molecule has 0 fully saturated rings. The number of likely N-dealkylation sites (N-methyl/N-ethyl adjacent to an activating group) is 1. The molecule has 5 heteroatoms. The van der Waals surface area contributed by atoms with Gasteiger partial charge in [-0.05, 0) is 26.6 Å². The molecule has 1 amide bonds. The Kier molecular flexibility index (Phi) is 5.72. The second-order valence-electron chi connectivity index (χ2n) is 5.68. The molecule has 118 valence electrons. The first kappa shape index (κ1) is 16.2. The Bertz CT molecular complexity index is 594. The number of aryl methyl sites for hydroxylation is 2. The van der Waals surface area contributed by atoms with E-state index in [9.17, 15) is 4.79 Å². The maximum Gasteiger partial charge on any atom is 0.220 e. The number of nitrogens with one attached hydrogen (secondary N) is 1. The highest BCUT2D eigenvalue weighted by atomic mass is 16.5. The van der Waals surface area contributed by atoms with Crippen LogP contribution in [0.15, 0.2) is 41.1 Å². The van der Waals surface area contributed by atoms with Gasteiger partial charge in [-0.25, -0.2) is 0 Å². The van der Waals surface area contributed by atoms with Crippen molar-refractivity contribution in [3.05, 3.63) is 53.4 Å². The third kappa shape index (κ3) is 4.70.